The van der Waals surface area contributed by atoms with Gasteiger partial charge in [0.25, 0.3) is 0 Å². The minimum Gasteiger partial charge on any atom is -0.208 e. The highest BCUT2D eigenvalue weighted by Crippen LogP contribution is 2.44. The maximum Gasteiger partial charge on any atom is 0.164 e. The average molecular weight is 763 g/mol. The molecule has 4 heteroatoms. The third-order valence-electron chi connectivity index (χ3n) is 11.6. The molecule has 1 heterocycles. The van der Waals surface area contributed by atoms with Gasteiger partial charge in [-0.15, -0.1) is 0 Å². The van der Waals surface area contributed by atoms with Crippen molar-refractivity contribution in [1.29, 1.82) is 5.26 Å². The molecule has 0 radical (unpaired) electrons. The van der Waals surface area contributed by atoms with Crippen molar-refractivity contribution in [2.75, 3.05) is 0 Å². The van der Waals surface area contributed by atoms with Gasteiger partial charge in [-0.1, -0.05) is 176 Å². The summed E-state index contributed by atoms with van der Waals surface area (Å²) in [7, 11) is 0. The molecular weight excluding hydrogens is 729 g/mol. The molecule has 60 heavy (non-hydrogen) atoms. The molecule has 0 saturated heterocycles. The lowest BCUT2D eigenvalue weighted by molar-refractivity contribution is 1.08. The Morgan fingerprint density at radius 2 is 0.883 bits per heavy atom. The number of rotatable bonds is 6. The van der Waals surface area contributed by atoms with E-state index < -0.39 is 0 Å². The molecule has 0 N–H and O–H groups in total. The van der Waals surface area contributed by atoms with Gasteiger partial charge in [0, 0.05) is 16.7 Å². The molecule has 0 atom stereocenters. The first-order valence-corrected chi connectivity index (χ1v) is 20.1. The molecule has 0 saturated carbocycles. The van der Waals surface area contributed by atoms with Crippen LogP contribution in [0.4, 0.5) is 0 Å². The zero-order valence-electron chi connectivity index (χ0n) is 32.4. The average Bonchev–Trinajstić information content (AvgIpc) is 3.33. The van der Waals surface area contributed by atoms with Crippen molar-refractivity contribution in [3.05, 3.63) is 212 Å². The lowest BCUT2D eigenvalue weighted by Gasteiger charge is -2.17. The van der Waals surface area contributed by atoms with Crippen LogP contribution < -0.4 is 0 Å². The summed E-state index contributed by atoms with van der Waals surface area (Å²) in [6.07, 6.45) is 0. The van der Waals surface area contributed by atoms with Gasteiger partial charge in [0.15, 0.2) is 17.5 Å². The summed E-state index contributed by atoms with van der Waals surface area (Å²) in [5.41, 5.74) is 9.86. The molecule has 0 spiro atoms. The normalized spacial score (nSPS) is 11.3. The van der Waals surface area contributed by atoms with Gasteiger partial charge in [-0.05, 0) is 107 Å². The van der Waals surface area contributed by atoms with E-state index >= 15 is 0 Å². The van der Waals surface area contributed by atoms with Gasteiger partial charge in [-0.2, -0.15) is 5.26 Å². The first-order valence-electron chi connectivity index (χ1n) is 20.1. The van der Waals surface area contributed by atoms with Crippen LogP contribution in [0.2, 0.25) is 0 Å². The fourth-order valence-electron chi connectivity index (χ4n) is 8.69. The third kappa shape index (κ3) is 6.05. The number of fused-ring (bicyclic) bond motifs is 5. The van der Waals surface area contributed by atoms with E-state index in [2.05, 4.69) is 170 Å². The molecule has 11 rings (SSSR count). The Hall–Kier alpha value is -8.26. The number of hydrogen-bond donors (Lipinski definition) is 0. The summed E-state index contributed by atoms with van der Waals surface area (Å²) in [5.74, 6) is 1.77. The van der Waals surface area contributed by atoms with Crippen LogP contribution in [0.15, 0.2) is 206 Å². The Morgan fingerprint density at radius 1 is 0.300 bits per heavy atom. The number of aromatic nitrogens is 3. The Labute approximate surface area is 347 Å². The highest BCUT2D eigenvalue weighted by Gasteiger charge is 2.20. The summed E-state index contributed by atoms with van der Waals surface area (Å²) in [6.45, 7) is 0. The molecule has 11 aromatic rings. The monoisotopic (exact) mass is 762 g/mol. The number of hydrogen-bond acceptors (Lipinski definition) is 4. The van der Waals surface area contributed by atoms with Gasteiger partial charge in [0.2, 0.25) is 0 Å². The summed E-state index contributed by atoms with van der Waals surface area (Å²) in [6, 6.07) is 74.1. The zero-order valence-corrected chi connectivity index (χ0v) is 32.4. The van der Waals surface area contributed by atoms with Crippen molar-refractivity contribution in [2.45, 2.75) is 0 Å². The van der Waals surface area contributed by atoms with Crippen molar-refractivity contribution in [1.82, 2.24) is 15.0 Å². The molecule has 0 unspecified atom stereocenters. The topological polar surface area (TPSA) is 62.5 Å². The van der Waals surface area contributed by atoms with E-state index in [1.54, 1.807) is 0 Å². The second-order valence-corrected chi connectivity index (χ2v) is 15.0. The quantitative estimate of drug-likeness (QED) is 0.125. The summed E-state index contributed by atoms with van der Waals surface area (Å²) in [4.78, 5) is 15.8. The zero-order chi connectivity index (χ0) is 40.0. The second-order valence-electron chi connectivity index (χ2n) is 15.0. The van der Waals surface area contributed by atoms with Crippen LogP contribution in [0.3, 0.4) is 0 Å². The van der Waals surface area contributed by atoms with Crippen LogP contribution in [0.25, 0.3) is 111 Å². The van der Waals surface area contributed by atoms with Crippen LogP contribution >= 0.6 is 0 Å². The first kappa shape index (κ1) is 34.9. The molecule has 0 bridgehead atoms. The van der Waals surface area contributed by atoms with Crippen LogP contribution in [0.5, 0.6) is 0 Å². The molecule has 0 aliphatic heterocycles. The third-order valence-corrected chi connectivity index (χ3v) is 11.6. The lowest BCUT2D eigenvalue weighted by Crippen LogP contribution is -2.02. The predicted molar refractivity (Wildman–Crippen MR) is 247 cm³/mol. The van der Waals surface area contributed by atoms with Gasteiger partial charge in [0.05, 0.1) is 11.6 Å². The highest BCUT2D eigenvalue weighted by atomic mass is 15.0. The van der Waals surface area contributed by atoms with Crippen LogP contribution in [0.1, 0.15) is 5.56 Å². The van der Waals surface area contributed by atoms with E-state index in [0.717, 1.165) is 55.3 Å². The fourth-order valence-corrected chi connectivity index (χ4v) is 8.69. The van der Waals surface area contributed by atoms with Crippen molar-refractivity contribution in [3.8, 4) is 73.6 Å². The molecular formula is C56H34N4. The minimum absolute atomic E-state index is 0.577. The second kappa shape index (κ2) is 14.6. The molecule has 0 aliphatic rings. The number of nitrogens with zero attached hydrogens (tertiary/aromatic N) is 4. The fraction of sp³-hybridized carbons (Fsp3) is 0. The summed E-state index contributed by atoms with van der Waals surface area (Å²) >= 11 is 0. The molecule has 278 valence electrons. The SMILES string of the molecule is N#Cc1ccc(-c2cccc(-c3nc(-c4ccccc4-c4ccccc4)nc(-c4ccc(-c5c6ccccc6cc6c5ccc5ccccc56)c5ccccc45)n3)c2)cc1. The van der Waals surface area contributed by atoms with Gasteiger partial charge < -0.3 is 0 Å². The standard InChI is InChI=1S/C56H34N4/c57-35-36-25-27-37(28-26-36)40-17-12-18-42(33-40)54-58-55(50-24-11-8-19-43(50)38-13-2-1-3-14-38)60-56(59-54)51-32-31-48(46-22-9-10-23-47(46)51)53-45-21-7-5-16-41(45)34-52-44-20-6-4-15-39(44)29-30-49(52)53/h1-34H. The van der Waals surface area contributed by atoms with E-state index in [4.69, 9.17) is 15.0 Å². The number of benzene rings is 10. The predicted octanol–water partition coefficient (Wildman–Crippen LogP) is 14.4. The van der Waals surface area contributed by atoms with E-state index in [-0.39, 0.29) is 0 Å². The van der Waals surface area contributed by atoms with Crippen LogP contribution in [0, 0.1) is 11.3 Å². The molecule has 4 nitrogen and oxygen atoms in total. The van der Waals surface area contributed by atoms with E-state index in [1.807, 2.05) is 42.5 Å². The Balaban J connectivity index is 1.15. The first-order chi connectivity index (χ1) is 29.7. The van der Waals surface area contributed by atoms with Crippen molar-refractivity contribution in [3.63, 3.8) is 0 Å². The van der Waals surface area contributed by atoms with Crippen molar-refractivity contribution >= 4 is 43.1 Å². The van der Waals surface area contributed by atoms with Gasteiger partial charge in [-0.25, -0.2) is 15.0 Å². The maximum absolute atomic E-state index is 9.41. The lowest BCUT2D eigenvalue weighted by atomic mass is 9.87. The highest BCUT2D eigenvalue weighted by molar-refractivity contribution is 6.23. The largest absolute Gasteiger partial charge is 0.208 e. The van der Waals surface area contributed by atoms with E-state index in [1.165, 1.54) is 37.9 Å². The van der Waals surface area contributed by atoms with E-state index in [0.29, 0.717) is 23.0 Å². The molecule has 0 amide bonds. The maximum atomic E-state index is 9.41. The summed E-state index contributed by atoms with van der Waals surface area (Å²) in [5, 5.41) is 18.9. The Bertz CT molecular complexity index is 3490. The Morgan fingerprint density at radius 3 is 1.67 bits per heavy atom. The van der Waals surface area contributed by atoms with E-state index in [9.17, 15) is 5.26 Å². The van der Waals surface area contributed by atoms with Gasteiger partial charge >= 0.3 is 0 Å². The number of nitriles is 1. The smallest absolute Gasteiger partial charge is 0.164 e. The molecule has 0 aliphatic carbocycles. The molecule has 1 aromatic heterocycles. The van der Waals surface area contributed by atoms with Gasteiger partial charge in [-0.3, -0.25) is 0 Å². The van der Waals surface area contributed by atoms with Crippen molar-refractivity contribution < 1.29 is 0 Å². The molecule has 10 aromatic carbocycles. The Kier molecular flexibility index (Phi) is 8.50. The van der Waals surface area contributed by atoms with Crippen LogP contribution in [-0.2, 0) is 0 Å². The molecule has 0 fully saturated rings. The van der Waals surface area contributed by atoms with Crippen LogP contribution in [-0.4, -0.2) is 15.0 Å². The van der Waals surface area contributed by atoms with Gasteiger partial charge in [0.1, 0.15) is 0 Å². The van der Waals surface area contributed by atoms with Crippen molar-refractivity contribution in [2.24, 2.45) is 0 Å². The summed E-state index contributed by atoms with van der Waals surface area (Å²) < 4.78 is 0. The minimum atomic E-state index is 0.577.